The Morgan fingerprint density at radius 3 is 2.75 bits per heavy atom. The van der Waals surface area contributed by atoms with Gasteiger partial charge < -0.3 is 0 Å². The van der Waals surface area contributed by atoms with Crippen molar-refractivity contribution in [1.29, 1.82) is 0 Å². The molecule has 0 aliphatic heterocycles. The molecule has 0 N–H and O–H groups in total. The van der Waals surface area contributed by atoms with Crippen molar-refractivity contribution in [1.82, 2.24) is 4.98 Å². The second-order valence-corrected chi connectivity index (χ2v) is 4.83. The minimum absolute atomic E-state index is 0.219. The van der Waals surface area contributed by atoms with E-state index < -0.39 is 0 Å². The summed E-state index contributed by atoms with van der Waals surface area (Å²) in [6.07, 6.45) is 2.34. The Morgan fingerprint density at radius 1 is 1.31 bits per heavy atom. The lowest BCUT2D eigenvalue weighted by Gasteiger charge is -2.06. The fourth-order valence-corrected chi connectivity index (χ4v) is 2.19. The number of fused-ring (bicyclic) bond motifs is 1. The van der Waals surface area contributed by atoms with Gasteiger partial charge in [-0.25, -0.2) is 4.39 Å². The van der Waals surface area contributed by atoms with Crippen molar-refractivity contribution in [3.63, 3.8) is 0 Å². The molecule has 1 aromatic heterocycles. The van der Waals surface area contributed by atoms with Gasteiger partial charge in [-0.05, 0) is 37.5 Å². The van der Waals surface area contributed by atoms with Gasteiger partial charge in [0.05, 0.1) is 10.5 Å². The molecular weight excluding hydrogens is 225 g/mol. The van der Waals surface area contributed by atoms with Gasteiger partial charge in [-0.2, -0.15) is 0 Å². The summed E-state index contributed by atoms with van der Waals surface area (Å²) < 4.78 is 13.4. The minimum atomic E-state index is -0.219. The van der Waals surface area contributed by atoms with E-state index in [-0.39, 0.29) is 5.82 Å². The predicted molar refractivity (Wildman–Crippen MR) is 63.4 cm³/mol. The number of aryl methyl sites for hydroxylation is 1. The lowest BCUT2D eigenvalue weighted by Crippen LogP contribution is -1.91. The van der Waals surface area contributed by atoms with Crippen molar-refractivity contribution in [3.8, 4) is 0 Å². The summed E-state index contributed by atoms with van der Waals surface area (Å²) in [4.78, 5) is 4.48. The number of hydrogen-bond acceptors (Lipinski definition) is 1. The molecule has 1 aliphatic rings. The Labute approximate surface area is 98.3 Å². The third-order valence-corrected chi connectivity index (χ3v) is 3.37. The molecular formula is C13H11ClFN. The molecule has 2 aromatic rings. The first-order valence-electron chi connectivity index (χ1n) is 5.41. The molecule has 82 valence electrons. The molecule has 1 aromatic carbocycles. The largest absolute Gasteiger partial charge is 0.252 e. The van der Waals surface area contributed by atoms with Crippen LogP contribution >= 0.6 is 11.6 Å². The number of nitrogens with zero attached hydrogens (tertiary/aromatic N) is 1. The first-order chi connectivity index (χ1) is 7.65. The highest BCUT2D eigenvalue weighted by Crippen LogP contribution is 2.41. The summed E-state index contributed by atoms with van der Waals surface area (Å²) in [7, 11) is 0. The molecule has 0 atom stereocenters. The summed E-state index contributed by atoms with van der Waals surface area (Å²) in [5, 5.41) is 1.51. The van der Waals surface area contributed by atoms with Crippen molar-refractivity contribution < 1.29 is 4.39 Å². The molecule has 0 spiro atoms. The van der Waals surface area contributed by atoms with Crippen molar-refractivity contribution in [3.05, 3.63) is 40.3 Å². The third-order valence-electron chi connectivity index (χ3n) is 3.05. The quantitative estimate of drug-likeness (QED) is 0.722. The van der Waals surface area contributed by atoms with Crippen LogP contribution in [0.3, 0.4) is 0 Å². The van der Waals surface area contributed by atoms with Crippen molar-refractivity contribution >= 4 is 22.5 Å². The van der Waals surface area contributed by atoms with Gasteiger partial charge in [0.15, 0.2) is 0 Å². The average molecular weight is 236 g/mol. The molecule has 0 bridgehead atoms. The van der Waals surface area contributed by atoms with Gasteiger partial charge in [0.1, 0.15) is 5.82 Å². The topological polar surface area (TPSA) is 12.9 Å². The van der Waals surface area contributed by atoms with E-state index >= 15 is 0 Å². The number of pyridine rings is 1. The van der Waals surface area contributed by atoms with Gasteiger partial charge in [-0.3, -0.25) is 4.98 Å². The molecule has 3 heteroatoms. The first kappa shape index (κ1) is 10.0. The fraction of sp³-hybridized carbons (Fsp3) is 0.308. The molecule has 0 radical (unpaired) electrons. The Balaban J connectivity index is 2.28. The van der Waals surface area contributed by atoms with Crippen molar-refractivity contribution in [2.45, 2.75) is 25.7 Å². The van der Waals surface area contributed by atoms with Crippen LogP contribution in [0.4, 0.5) is 4.39 Å². The zero-order valence-corrected chi connectivity index (χ0v) is 9.68. The maximum absolute atomic E-state index is 13.4. The number of aromatic nitrogens is 1. The second-order valence-electron chi connectivity index (χ2n) is 4.42. The van der Waals surface area contributed by atoms with Crippen LogP contribution in [0.15, 0.2) is 18.2 Å². The van der Waals surface area contributed by atoms with E-state index in [2.05, 4.69) is 4.98 Å². The number of hydrogen-bond donors (Lipinski definition) is 0. The summed E-state index contributed by atoms with van der Waals surface area (Å²) in [6.45, 7) is 1.74. The third kappa shape index (κ3) is 1.57. The van der Waals surface area contributed by atoms with Crippen LogP contribution < -0.4 is 0 Å². The molecule has 3 rings (SSSR count). The zero-order chi connectivity index (χ0) is 11.3. The number of rotatable bonds is 1. The molecule has 16 heavy (non-hydrogen) atoms. The highest BCUT2D eigenvalue weighted by molar-refractivity contribution is 6.35. The molecule has 1 fully saturated rings. The van der Waals surface area contributed by atoms with Gasteiger partial charge in [0, 0.05) is 23.1 Å². The molecule has 1 heterocycles. The first-order valence-corrected chi connectivity index (χ1v) is 5.79. The van der Waals surface area contributed by atoms with E-state index in [0.29, 0.717) is 22.0 Å². The maximum atomic E-state index is 13.4. The van der Waals surface area contributed by atoms with E-state index in [9.17, 15) is 4.39 Å². The standard InChI is InChI=1S/C13H11ClFN/c1-7-4-9-10(14)5-12(8-2-3-8)16-13(9)6-11(7)15/h4-6,8H,2-3H2,1H3. The van der Waals surface area contributed by atoms with Gasteiger partial charge in [-0.15, -0.1) is 0 Å². The highest BCUT2D eigenvalue weighted by atomic mass is 35.5. The molecule has 0 unspecified atom stereocenters. The van der Waals surface area contributed by atoms with Gasteiger partial charge in [-0.1, -0.05) is 11.6 Å². The van der Waals surface area contributed by atoms with E-state index in [1.165, 1.54) is 18.9 Å². The van der Waals surface area contributed by atoms with Crippen molar-refractivity contribution in [2.75, 3.05) is 0 Å². The van der Waals surface area contributed by atoms with E-state index in [4.69, 9.17) is 11.6 Å². The predicted octanol–water partition coefficient (Wildman–Crippen LogP) is 4.21. The van der Waals surface area contributed by atoms with Gasteiger partial charge >= 0.3 is 0 Å². The van der Waals surface area contributed by atoms with Crippen LogP contribution in [-0.4, -0.2) is 4.98 Å². The maximum Gasteiger partial charge on any atom is 0.128 e. The Morgan fingerprint density at radius 2 is 2.06 bits per heavy atom. The zero-order valence-electron chi connectivity index (χ0n) is 8.93. The lowest BCUT2D eigenvalue weighted by atomic mass is 10.1. The fourth-order valence-electron chi connectivity index (χ4n) is 1.92. The second kappa shape index (κ2) is 3.42. The SMILES string of the molecule is Cc1cc2c(Cl)cc(C3CC3)nc2cc1F. The molecule has 1 nitrogen and oxygen atoms in total. The van der Waals surface area contributed by atoms with E-state index in [1.807, 2.05) is 6.07 Å². The Kier molecular flexibility index (Phi) is 2.15. The lowest BCUT2D eigenvalue weighted by molar-refractivity contribution is 0.620. The smallest absolute Gasteiger partial charge is 0.128 e. The van der Waals surface area contributed by atoms with E-state index in [1.54, 1.807) is 13.0 Å². The summed E-state index contributed by atoms with van der Waals surface area (Å²) in [5.41, 5.74) is 2.27. The highest BCUT2D eigenvalue weighted by Gasteiger charge is 2.25. The van der Waals surface area contributed by atoms with Crippen LogP contribution in [0.1, 0.15) is 30.0 Å². The van der Waals surface area contributed by atoms with Crippen molar-refractivity contribution in [2.24, 2.45) is 0 Å². The van der Waals surface area contributed by atoms with Crippen LogP contribution in [-0.2, 0) is 0 Å². The number of halogens is 2. The van der Waals surface area contributed by atoms with Gasteiger partial charge in [0.2, 0.25) is 0 Å². The van der Waals surface area contributed by atoms with Gasteiger partial charge in [0.25, 0.3) is 0 Å². The summed E-state index contributed by atoms with van der Waals surface area (Å²) in [6, 6.07) is 5.15. The Bertz CT molecular complexity index is 576. The minimum Gasteiger partial charge on any atom is -0.252 e. The average Bonchev–Trinajstić information content (AvgIpc) is 3.04. The van der Waals surface area contributed by atoms with Crippen LogP contribution in [0.2, 0.25) is 5.02 Å². The monoisotopic (exact) mass is 235 g/mol. The summed E-state index contributed by atoms with van der Waals surface area (Å²) >= 11 is 6.20. The van der Waals surface area contributed by atoms with Crippen LogP contribution in [0.5, 0.6) is 0 Å². The molecule has 1 saturated carbocycles. The molecule has 1 aliphatic carbocycles. The van der Waals surface area contributed by atoms with E-state index in [0.717, 1.165) is 11.1 Å². The molecule has 0 amide bonds. The van der Waals surface area contributed by atoms with Crippen LogP contribution in [0.25, 0.3) is 10.9 Å². The normalized spacial score (nSPS) is 15.7. The van der Waals surface area contributed by atoms with Crippen LogP contribution in [0, 0.1) is 12.7 Å². The summed E-state index contributed by atoms with van der Waals surface area (Å²) in [5.74, 6) is 0.315. The Hall–Kier alpha value is -1.15. The molecule has 0 saturated heterocycles. The number of benzene rings is 1.